The van der Waals surface area contributed by atoms with E-state index in [1.54, 1.807) is 0 Å². The first-order chi connectivity index (χ1) is 9.14. The minimum absolute atomic E-state index is 0.150. The first-order valence-corrected chi connectivity index (χ1v) is 6.72. The molecule has 0 amide bonds. The Labute approximate surface area is 113 Å². The van der Waals surface area contributed by atoms with E-state index in [2.05, 4.69) is 74.5 Å². The standard InChI is InChI=1S/C19H15/c1-19(2)10-9-17-15(12-19)11-14-8-7-13-5-3-4-6-16(13)18(14)17/h3-6,8-12H,1-2H3. The molecule has 0 heteroatoms. The number of hydrogen-bond donors (Lipinski definition) is 0. The maximum atomic E-state index is 3.39. The lowest BCUT2D eigenvalue weighted by Crippen LogP contribution is -2.23. The van der Waals surface area contributed by atoms with Crippen LogP contribution in [0.15, 0.2) is 54.1 Å². The largest absolute Gasteiger partial charge is 0.0744 e. The molecule has 0 heterocycles. The molecule has 2 aromatic rings. The summed E-state index contributed by atoms with van der Waals surface area (Å²) in [6.45, 7) is 4.49. The van der Waals surface area contributed by atoms with Gasteiger partial charge in [-0.15, -0.1) is 0 Å². The van der Waals surface area contributed by atoms with Gasteiger partial charge in [-0.1, -0.05) is 56.3 Å². The van der Waals surface area contributed by atoms with Gasteiger partial charge in [-0.25, -0.2) is 0 Å². The Morgan fingerprint density at radius 2 is 1.95 bits per heavy atom. The van der Waals surface area contributed by atoms with Crippen LogP contribution >= 0.6 is 0 Å². The lowest BCUT2D eigenvalue weighted by molar-refractivity contribution is 0.621. The van der Waals surface area contributed by atoms with Crippen molar-refractivity contribution in [1.82, 2.24) is 0 Å². The lowest BCUT2D eigenvalue weighted by atomic mass is 9.84. The molecule has 0 unspecified atom stereocenters. The highest BCUT2D eigenvalue weighted by molar-refractivity contribution is 5.96. The molecule has 0 N–H and O–H groups in total. The minimum atomic E-state index is 0.150. The fraction of sp³-hybridized carbons (Fsp3) is 0.158. The number of fused-ring (bicyclic) bond motifs is 4. The normalized spacial score (nSPS) is 18.8. The maximum absolute atomic E-state index is 3.39. The molecule has 0 aliphatic heterocycles. The molecule has 0 aromatic heterocycles. The van der Waals surface area contributed by atoms with Crippen LogP contribution in [0.25, 0.3) is 22.4 Å². The van der Waals surface area contributed by atoms with E-state index in [-0.39, 0.29) is 5.41 Å². The number of allylic oxidation sites excluding steroid dienone is 4. The minimum Gasteiger partial charge on any atom is -0.0744 e. The first-order valence-electron chi connectivity index (χ1n) is 6.72. The van der Waals surface area contributed by atoms with Crippen LogP contribution in [0.4, 0.5) is 0 Å². The van der Waals surface area contributed by atoms with Crippen LogP contribution < -0.4 is 10.4 Å². The molecule has 0 nitrogen and oxygen atoms in total. The molecule has 0 bridgehead atoms. The molecule has 19 heavy (non-hydrogen) atoms. The zero-order valence-corrected chi connectivity index (χ0v) is 11.2. The highest BCUT2D eigenvalue weighted by Crippen LogP contribution is 2.32. The van der Waals surface area contributed by atoms with Crippen molar-refractivity contribution in [3.8, 4) is 0 Å². The van der Waals surface area contributed by atoms with E-state index in [4.69, 9.17) is 0 Å². The predicted octanol–water partition coefficient (Wildman–Crippen LogP) is 3.11. The van der Waals surface area contributed by atoms with Crippen molar-refractivity contribution >= 4 is 22.4 Å². The average molecular weight is 243 g/mol. The van der Waals surface area contributed by atoms with Crippen LogP contribution in [0.5, 0.6) is 0 Å². The van der Waals surface area contributed by atoms with Crippen molar-refractivity contribution < 1.29 is 0 Å². The molecule has 0 saturated carbocycles. The summed E-state index contributed by atoms with van der Waals surface area (Å²) < 4.78 is 0. The van der Waals surface area contributed by atoms with Crippen LogP contribution in [-0.2, 0) is 0 Å². The highest BCUT2D eigenvalue weighted by Gasteiger charge is 2.20. The molecule has 0 saturated heterocycles. The molecule has 1 radical (unpaired) electrons. The van der Waals surface area contributed by atoms with E-state index < -0.39 is 0 Å². The summed E-state index contributed by atoms with van der Waals surface area (Å²) in [7, 11) is 0. The van der Waals surface area contributed by atoms with Gasteiger partial charge >= 0.3 is 0 Å². The van der Waals surface area contributed by atoms with E-state index in [0.29, 0.717) is 0 Å². The average Bonchev–Trinajstić information content (AvgIpc) is 2.74. The van der Waals surface area contributed by atoms with Crippen LogP contribution in [0.2, 0.25) is 0 Å². The molecule has 2 aliphatic carbocycles. The zero-order chi connectivity index (χ0) is 13.0. The van der Waals surface area contributed by atoms with Crippen LogP contribution in [0, 0.1) is 11.5 Å². The Morgan fingerprint density at radius 3 is 2.84 bits per heavy atom. The van der Waals surface area contributed by atoms with Crippen LogP contribution in [-0.4, -0.2) is 0 Å². The second-order valence-electron chi connectivity index (χ2n) is 5.98. The van der Waals surface area contributed by atoms with E-state index in [1.807, 2.05) is 0 Å². The van der Waals surface area contributed by atoms with Gasteiger partial charge in [-0.3, -0.25) is 0 Å². The number of benzene rings is 2. The fourth-order valence-electron chi connectivity index (χ4n) is 3.06. The van der Waals surface area contributed by atoms with Gasteiger partial charge in [0.1, 0.15) is 0 Å². The van der Waals surface area contributed by atoms with E-state index in [9.17, 15) is 0 Å². The molecule has 0 atom stereocenters. The predicted molar refractivity (Wildman–Crippen MR) is 80.9 cm³/mol. The maximum Gasteiger partial charge on any atom is 0.00169 e. The third-order valence-electron chi connectivity index (χ3n) is 3.97. The van der Waals surface area contributed by atoms with Crippen molar-refractivity contribution in [3.05, 3.63) is 70.6 Å². The summed E-state index contributed by atoms with van der Waals surface area (Å²) in [5, 5.41) is 5.16. The molecule has 2 aliphatic rings. The van der Waals surface area contributed by atoms with Gasteiger partial charge in [0, 0.05) is 5.41 Å². The molecular formula is C19H15. The molecule has 91 valence electrons. The number of hydrogen-bond acceptors (Lipinski definition) is 0. The van der Waals surface area contributed by atoms with Gasteiger partial charge in [-0.05, 0) is 50.6 Å². The Morgan fingerprint density at radius 1 is 1.11 bits per heavy atom. The monoisotopic (exact) mass is 243 g/mol. The van der Waals surface area contributed by atoms with E-state index >= 15 is 0 Å². The van der Waals surface area contributed by atoms with Gasteiger partial charge in [-0.2, -0.15) is 0 Å². The summed E-state index contributed by atoms with van der Waals surface area (Å²) in [6.07, 6.45) is 9.22. The van der Waals surface area contributed by atoms with Crippen molar-refractivity contribution in [2.45, 2.75) is 13.8 Å². The Hall–Kier alpha value is -2.08. The van der Waals surface area contributed by atoms with Gasteiger partial charge in [0.05, 0.1) is 0 Å². The van der Waals surface area contributed by atoms with Crippen LogP contribution in [0.1, 0.15) is 13.8 Å². The third-order valence-corrected chi connectivity index (χ3v) is 3.97. The third kappa shape index (κ3) is 1.53. The van der Waals surface area contributed by atoms with Gasteiger partial charge in [0.15, 0.2) is 0 Å². The summed E-state index contributed by atoms with van der Waals surface area (Å²) in [4.78, 5) is 0. The van der Waals surface area contributed by atoms with Gasteiger partial charge in [0.2, 0.25) is 0 Å². The molecule has 0 spiro atoms. The Bertz CT molecular complexity index is 874. The fourth-order valence-corrected chi connectivity index (χ4v) is 3.06. The molecule has 4 rings (SSSR count). The van der Waals surface area contributed by atoms with Crippen molar-refractivity contribution in [3.63, 3.8) is 0 Å². The zero-order valence-electron chi connectivity index (χ0n) is 11.2. The second-order valence-corrected chi connectivity index (χ2v) is 5.98. The second kappa shape index (κ2) is 3.48. The smallest absolute Gasteiger partial charge is 0.00169 e. The molecule has 0 fully saturated rings. The van der Waals surface area contributed by atoms with E-state index in [1.165, 1.54) is 32.4 Å². The SMILES string of the molecule is CC1(C)C=CC2=c3c(c[c]c4ccccc34)=CC2=C1. The summed E-state index contributed by atoms with van der Waals surface area (Å²) in [5.41, 5.74) is 2.86. The van der Waals surface area contributed by atoms with E-state index in [0.717, 1.165) is 0 Å². The molecular weight excluding hydrogens is 228 g/mol. The van der Waals surface area contributed by atoms with Crippen LogP contribution in [0.3, 0.4) is 0 Å². The Balaban J connectivity index is 2.20. The molecule has 2 aromatic carbocycles. The highest BCUT2D eigenvalue weighted by atomic mass is 14.2. The van der Waals surface area contributed by atoms with Gasteiger partial charge in [0.25, 0.3) is 0 Å². The van der Waals surface area contributed by atoms with Crippen molar-refractivity contribution in [1.29, 1.82) is 0 Å². The lowest BCUT2D eigenvalue weighted by Gasteiger charge is -2.21. The van der Waals surface area contributed by atoms with Gasteiger partial charge < -0.3 is 0 Å². The Kier molecular flexibility index (Phi) is 1.98. The quantitative estimate of drug-likeness (QED) is 0.667. The summed E-state index contributed by atoms with van der Waals surface area (Å²) in [6, 6.07) is 14.0. The first kappa shape index (κ1) is 10.8. The summed E-state index contributed by atoms with van der Waals surface area (Å²) in [5.74, 6) is 0. The van der Waals surface area contributed by atoms with Crippen molar-refractivity contribution in [2.24, 2.45) is 5.41 Å². The number of rotatable bonds is 0. The summed E-state index contributed by atoms with van der Waals surface area (Å²) >= 11 is 0. The topological polar surface area (TPSA) is 0 Å². The van der Waals surface area contributed by atoms with Crippen molar-refractivity contribution in [2.75, 3.05) is 0 Å².